The van der Waals surface area contributed by atoms with Crippen molar-refractivity contribution in [3.8, 4) is 0 Å². The molecule has 0 aromatic heterocycles. The minimum atomic E-state index is 0.0576. The molecule has 0 spiro atoms. The summed E-state index contributed by atoms with van der Waals surface area (Å²) >= 11 is 0. The summed E-state index contributed by atoms with van der Waals surface area (Å²) in [4.78, 5) is 0. The first kappa shape index (κ1) is 12.0. The number of ether oxygens (including phenoxy) is 1. The second-order valence-corrected chi connectivity index (χ2v) is 5.76. The Bertz CT molecular complexity index is 191. The SMILES string of the molecule is COCCC(C)C1(N)CCC(C)(C)C1. The third kappa shape index (κ3) is 2.71. The summed E-state index contributed by atoms with van der Waals surface area (Å²) in [5.41, 5.74) is 6.96. The number of hydrogen-bond acceptors (Lipinski definition) is 2. The highest BCUT2D eigenvalue weighted by Crippen LogP contribution is 2.46. The van der Waals surface area contributed by atoms with Crippen molar-refractivity contribution < 1.29 is 4.74 Å². The standard InChI is InChI=1S/C12H25NO/c1-10(5-8-14-4)12(13)7-6-11(2,3)9-12/h10H,5-9,13H2,1-4H3. The van der Waals surface area contributed by atoms with E-state index in [9.17, 15) is 0 Å². The fourth-order valence-electron chi connectivity index (χ4n) is 2.64. The van der Waals surface area contributed by atoms with E-state index in [1.807, 2.05) is 0 Å². The van der Waals surface area contributed by atoms with Crippen LogP contribution in [0.25, 0.3) is 0 Å². The zero-order valence-corrected chi connectivity index (χ0v) is 10.1. The van der Waals surface area contributed by atoms with Gasteiger partial charge < -0.3 is 10.5 Å². The van der Waals surface area contributed by atoms with Crippen molar-refractivity contribution in [2.75, 3.05) is 13.7 Å². The van der Waals surface area contributed by atoms with Crippen molar-refractivity contribution in [2.45, 2.75) is 52.0 Å². The highest BCUT2D eigenvalue weighted by molar-refractivity contribution is 5.00. The van der Waals surface area contributed by atoms with E-state index >= 15 is 0 Å². The average molecular weight is 199 g/mol. The molecule has 14 heavy (non-hydrogen) atoms. The van der Waals surface area contributed by atoms with Crippen molar-refractivity contribution >= 4 is 0 Å². The van der Waals surface area contributed by atoms with E-state index in [4.69, 9.17) is 10.5 Å². The van der Waals surface area contributed by atoms with E-state index in [1.165, 1.54) is 12.8 Å². The average Bonchev–Trinajstić information content (AvgIpc) is 2.38. The Morgan fingerprint density at radius 1 is 1.36 bits per heavy atom. The molecule has 0 amide bonds. The molecule has 0 radical (unpaired) electrons. The van der Waals surface area contributed by atoms with Gasteiger partial charge in [-0.05, 0) is 37.0 Å². The predicted molar refractivity (Wildman–Crippen MR) is 60.2 cm³/mol. The molecule has 1 fully saturated rings. The van der Waals surface area contributed by atoms with E-state index in [-0.39, 0.29) is 5.54 Å². The Morgan fingerprint density at radius 3 is 2.43 bits per heavy atom. The fraction of sp³-hybridized carbons (Fsp3) is 1.00. The monoisotopic (exact) mass is 199 g/mol. The van der Waals surface area contributed by atoms with Gasteiger partial charge >= 0.3 is 0 Å². The van der Waals surface area contributed by atoms with Gasteiger partial charge in [-0.1, -0.05) is 20.8 Å². The van der Waals surface area contributed by atoms with E-state index in [0.29, 0.717) is 11.3 Å². The smallest absolute Gasteiger partial charge is 0.0465 e. The van der Waals surface area contributed by atoms with Crippen LogP contribution in [0.5, 0.6) is 0 Å². The zero-order chi connectivity index (χ0) is 10.8. The lowest BCUT2D eigenvalue weighted by Crippen LogP contribution is -2.44. The van der Waals surface area contributed by atoms with Gasteiger partial charge in [-0.15, -0.1) is 0 Å². The first-order valence-electron chi connectivity index (χ1n) is 5.67. The van der Waals surface area contributed by atoms with E-state index in [1.54, 1.807) is 7.11 Å². The van der Waals surface area contributed by atoms with Crippen LogP contribution in [0.4, 0.5) is 0 Å². The molecular formula is C12H25NO. The second-order valence-electron chi connectivity index (χ2n) is 5.76. The Hall–Kier alpha value is -0.0800. The maximum Gasteiger partial charge on any atom is 0.0465 e. The number of hydrogen-bond donors (Lipinski definition) is 1. The summed E-state index contributed by atoms with van der Waals surface area (Å²) in [6.45, 7) is 7.75. The van der Waals surface area contributed by atoms with Gasteiger partial charge in [-0.2, -0.15) is 0 Å². The molecule has 0 saturated heterocycles. The lowest BCUT2D eigenvalue weighted by atomic mass is 9.79. The van der Waals surface area contributed by atoms with E-state index in [0.717, 1.165) is 19.4 Å². The Morgan fingerprint density at radius 2 is 2.00 bits per heavy atom. The summed E-state index contributed by atoms with van der Waals surface area (Å²) in [5.74, 6) is 0.573. The minimum Gasteiger partial charge on any atom is -0.385 e. The van der Waals surface area contributed by atoms with Gasteiger partial charge in [0.15, 0.2) is 0 Å². The maximum atomic E-state index is 6.46. The first-order chi connectivity index (χ1) is 6.40. The van der Waals surface area contributed by atoms with E-state index in [2.05, 4.69) is 20.8 Å². The van der Waals surface area contributed by atoms with Gasteiger partial charge in [-0.3, -0.25) is 0 Å². The summed E-state index contributed by atoms with van der Waals surface area (Å²) in [6.07, 6.45) is 4.68. The summed E-state index contributed by atoms with van der Waals surface area (Å²) in [7, 11) is 1.76. The van der Waals surface area contributed by atoms with Gasteiger partial charge in [0.1, 0.15) is 0 Å². The Labute approximate surface area is 88.2 Å². The Balaban J connectivity index is 2.50. The molecule has 2 heteroatoms. The van der Waals surface area contributed by atoms with Crippen molar-refractivity contribution in [2.24, 2.45) is 17.1 Å². The van der Waals surface area contributed by atoms with E-state index < -0.39 is 0 Å². The highest BCUT2D eigenvalue weighted by atomic mass is 16.5. The third-order valence-electron chi connectivity index (χ3n) is 3.81. The molecule has 0 bridgehead atoms. The maximum absolute atomic E-state index is 6.46. The number of nitrogens with two attached hydrogens (primary N) is 1. The second kappa shape index (κ2) is 4.19. The molecule has 1 aliphatic carbocycles. The molecule has 1 aliphatic rings. The highest BCUT2D eigenvalue weighted by Gasteiger charge is 2.43. The van der Waals surface area contributed by atoms with Crippen LogP contribution in [0.1, 0.15) is 46.5 Å². The van der Waals surface area contributed by atoms with Crippen LogP contribution in [0.2, 0.25) is 0 Å². The molecule has 0 aromatic rings. The fourth-order valence-corrected chi connectivity index (χ4v) is 2.64. The van der Waals surface area contributed by atoms with Gasteiger partial charge in [0.05, 0.1) is 0 Å². The molecule has 0 aromatic carbocycles. The third-order valence-corrected chi connectivity index (χ3v) is 3.81. The lowest BCUT2D eigenvalue weighted by molar-refractivity contribution is 0.152. The molecule has 0 heterocycles. The molecule has 2 nitrogen and oxygen atoms in total. The number of rotatable bonds is 4. The Kier molecular flexibility index (Phi) is 3.59. The normalized spacial score (nSPS) is 33.2. The summed E-state index contributed by atoms with van der Waals surface area (Å²) < 4.78 is 5.11. The number of methoxy groups -OCH3 is 1. The van der Waals surface area contributed by atoms with Crippen molar-refractivity contribution in [3.05, 3.63) is 0 Å². The minimum absolute atomic E-state index is 0.0576. The van der Waals surface area contributed by atoms with Crippen LogP contribution in [-0.2, 0) is 4.74 Å². The van der Waals surface area contributed by atoms with Gasteiger partial charge in [0.25, 0.3) is 0 Å². The summed E-state index contributed by atoms with van der Waals surface area (Å²) in [6, 6.07) is 0. The molecule has 1 saturated carbocycles. The molecular weight excluding hydrogens is 174 g/mol. The van der Waals surface area contributed by atoms with Crippen molar-refractivity contribution in [3.63, 3.8) is 0 Å². The van der Waals surface area contributed by atoms with Gasteiger partial charge in [-0.25, -0.2) is 0 Å². The van der Waals surface area contributed by atoms with Crippen LogP contribution >= 0.6 is 0 Å². The quantitative estimate of drug-likeness (QED) is 0.755. The molecule has 84 valence electrons. The van der Waals surface area contributed by atoms with Crippen LogP contribution < -0.4 is 5.73 Å². The van der Waals surface area contributed by atoms with Crippen LogP contribution in [0, 0.1) is 11.3 Å². The van der Waals surface area contributed by atoms with Crippen LogP contribution in [0.15, 0.2) is 0 Å². The van der Waals surface area contributed by atoms with Crippen molar-refractivity contribution in [1.82, 2.24) is 0 Å². The van der Waals surface area contributed by atoms with Crippen molar-refractivity contribution in [1.29, 1.82) is 0 Å². The topological polar surface area (TPSA) is 35.2 Å². The van der Waals surface area contributed by atoms with Crippen LogP contribution in [0.3, 0.4) is 0 Å². The predicted octanol–water partition coefficient (Wildman–Crippen LogP) is 2.57. The first-order valence-corrected chi connectivity index (χ1v) is 5.67. The molecule has 1 rings (SSSR count). The molecule has 0 aliphatic heterocycles. The summed E-state index contributed by atoms with van der Waals surface area (Å²) in [5, 5.41) is 0. The van der Waals surface area contributed by atoms with Gasteiger partial charge in [0, 0.05) is 19.3 Å². The van der Waals surface area contributed by atoms with Crippen LogP contribution in [-0.4, -0.2) is 19.3 Å². The molecule has 2 atom stereocenters. The largest absolute Gasteiger partial charge is 0.385 e. The van der Waals surface area contributed by atoms with Gasteiger partial charge in [0.2, 0.25) is 0 Å². The molecule has 2 N–H and O–H groups in total. The molecule has 2 unspecified atom stereocenters. The lowest BCUT2D eigenvalue weighted by Gasteiger charge is -2.33. The zero-order valence-electron chi connectivity index (χ0n) is 10.1.